The standard InChI is InChI=1S/C17H14ClN5OS/c1-10-14-13(23-16(19-10)20-17(21-23)25-2)7-8-22(15(14)24)9-11-5-3-4-6-12(11)18/h3-8H,9H2,1-2H3. The predicted octanol–water partition coefficient (Wildman–Crippen LogP) is 3.17. The Labute approximate surface area is 152 Å². The van der Waals surface area contributed by atoms with E-state index >= 15 is 0 Å². The minimum Gasteiger partial charge on any atom is -0.310 e. The van der Waals surface area contributed by atoms with E-state index in [-0.39, 0.29) is 5.56 Å². The normalized spacial score (nSPS) is 11.5. The highest BCUT2D eigenvalue weighted by Gasteiger charge is 2.14. The van der Waals surface area contributed by atoms with E-state index in [1.807, 2.05) is 43.5 Å². The van der Waals surface area contributed by atoms with Gasteiger partial charge in [-0.15, -0.1) is 5.10 Å². The third kappa shape index (κ3) is 2.69. The maximum atomic E-state index is 13.0. The van der Waals surface area contributed by atoms with Gasteiger partial charge in [-0.2, -0.15) is 9.50 Å². The molecule has 4 aromatic rings. The first-order valence-corrected chi connectivity index (χ1v) is 9.22. The molecule has 0 N–H and O–H groups in total. The van der Waals surface area contributed by atoms with E-state index in [9.17, 15) is 4.79 Å². The van der Waals surface area contributed by atoms with Crippen LogP contribution in [0.15, 0.2) is 46.5 Å². The van der Waals surface area contributed by atoms with Crippen LogP contribution in [0.25, 0.3) is 16.7 Å². The average molecular weight is 372 g/mol. The van der Waals surface area contributed by atoms with Crippen LogP contribution in [0, 0.1) is 6.92 Å². The lowest BCUT2D eigenvalue weighted by atomic mass is 10.2. The van der Waals surface area contributed by atoms with Crippen LogP contribution >= 0.6 is 23.4 Å². The highest BCUT2D eigenvalue weighted by atomic mass is 35.5. The van der Waals surface area contributed by atoms with Crippen LogP contribution in [0.5, 0.6) is 0 Å². The molecule has 6 nitrogen and oxygen atoms in total. The maximum Gasteiger partial charge on any atom is 0.262 e. The van der Waals surface area contributed by atoms with E-state index < -0.39 is 0 Å². The number of hydrogen-bond donors (Lipinski definition) is 0. The highest BCUT2D eigenvalue weighted by Crippen LogP contribution is 2.19. The second-order valence-corrected chi connectivity index (χ2v) is 6.79. The Bertz CT molecular complexity index is 1170. The number of rotatable bonds is 3. The molecule has 0 aliphatic carbocycles. The fourth-order valence-corrected chi connectivity index (χ4v) is 3.36. The fraction of sp³-hybridized carbons (Fsp3) is 0.176. The number of hydrogen-bond acceptors (Lipinski definition) is 5. The summed E-state index contributed by atoms with van der Waals surface area (Å²) >= 11 is 7.66. The SMILES string of the molecule is CSc1nc2nc(C)c3c(=O)n(Cc4ccccc4Cl)ccc3n2n1. The molecular weight excluding hydrogens is 358 g/mol. The molecule has 3 aromatic heterocycles. The van der Waals surface area contributed by atoms with Gasteiger partial charge in [0.15, 0.2) is 0 Å². The summed E-state index contributed by atoms with van der Waals surface area (Å²) in [6.07, 6.45) is 3.66. The zero-order valence-electron chi connectivity index (χ0n) is 13.6. The van der Waals surface area contributed by atoms with Crippen LogP contribution in [-0.4, -0.2) is 30.4 Å². The van der Waals surface area contributed by atoms with Crippen molar-refractivity contribution in [3.63, 3.8) is 0 Å². The number of thioether (sulfide) groups is 1. The number of benzene rings is 1. The molecule has 0 unspecified atom stereocenters. The van der Waals surface area contributed by atoms with Gasteiger partial charge in [0, 0.05) is 11.2 Å². The quantitative estimate of drug-likeness (QED) is 0.517. The van der Waals surface area contributed by atoms with E-state index in [0.717, 1.165) is 5.56 Å². The predicted molar refractivity (Wildman–Crippen MR) is 99.6 cm³/mol. The van der Waals surface area contributed by atoms with Crippen molar-refractivity contribution in [2.45, 2.75) is 18.6 Å². The molecule has 0 saturated carbocycles. The van der Waals surface area contributed by atoms with E-state index in [0.29, 0.717) is 39.1 Å². The molecule has 0 atom stereocenters. The molecule has 0 aliphatic rings. The lowest BCUT2D eigenvalue weighted by molar-refractivity contribution is 0.764. The van der Waals surface area contributed by atoms with Gasteiger partial charge in [0.05, 0.1) is 23.1 Å². The van der Waals surface area contributed by atoms with Gasteiger partial charge in [-0.1, -0.05) is 41.6 Å². The van der Waals surface area contributed by atoms with Gasteiger partial charge in [-0.25, -0.2) is 4.98 Å². The summed E-state index contributed by atoms with van der Waals surface area (Å²) in [5.41, 5.74) is 2.12. The molecule has 0 fully saturated rings. The van der Waals surface area contributed by atoms with Crippen molar-refractivity contribution >= 4 is 40.0 Å². The number of aryl methyl sites for hydroxylation is 1. The molecular formula is C17H14ClN5OS. The Morgan fingerprint density at radius 3 is 2.76 bits per heavy atom. The molecule has 4 rings (SSSR count). The van der Waals surface area contributed by atoms with Crippen molar-refractivity contribution in [2.24, 2.45) is 0 Å². The minimum absolute atomic E-state index is 0.120. The fourth-order valence-electron chi connectivity index (χ4n) is 2.83. The lowest BCUT2D eigenvalue weighted by Gasteiger charge is -2.10. The van der Waals surface area contributed by atoms with E-state index in [1.54, 1.807) is 15.3 Å². The molecule has 0 spiro atoms. The monoisotopic (exact) mass is 371 g/mol. The lowest BCUT2D eigenvalue weighted by Crippen LogP contribution is -2.22. The summed E-state index contributed by atoms with van der Waals surface area (Å²) in [4.78, 5) is 21.8. The van der Waals surface area contributed by atoms with Crippen LogP contribution in [0.3, 0.4) is 0 Å². The summed E-state index contributed by atoms with van der Waals surface area (Å²) < 4.78 is 3.26. The van der Waals surface area contributed by atoms with Crippen LogP contribution < -0.4 is 5.56 Å². The third-order valence-corrected chi connectivity index (χ3v) is 4.96. The second kappa shape index (κ2) is 6.16. The Hall–Kier alpha value is -2.38. The van der Waals surface area contributed by atoms with Gasteiger partial charge in [-0.3, -0.25) is 4.79 Å². The minimum atomic E-state index is -0.120. The number of halogens is 1. The average Bonchev–Trinajstić information content (AvgIpc) is 3.02. The van der Waals surface area contributed by atoms with Crippen molar-refractivity contribution in [3.05, 3.63) is 63.2 Å². The van der Waals surface area contributed by atoms with Gasteiger partial charge in [0.25, 0.3) is 11.3 Å². The molecule has 8 heteroatoms. The molecule has 0 saturated heterocycles. The molecule has 0 bridgehead atoms. The van der Waals surface area contributed by atoms with Gasteiger partial charge in [0.1, 0.15) is 0 Å². The Morgan fingerprint density at radius 2 is 2.00 bits per heavy atom. The topological polar surface area (TPSA) is 65.1 Å². The summed E-state index contributed by atoms with van der Waals surface area (Å²) in [6, 6.07) is 9.37. The number of aromatic nitrogens is 5. The zero-order chi connectivity index (χ0) is 17.6. The Morgan fingerprint density at radius 1 is 1.20 bits per heavy atom. The van der Waals surface area contributed by atoms with Gasteiger partial charge in [0.2, 0.25) is 5.16 Å². The molecule has 126 valence electrons. The van der Waals surface area contributed by atoms with Crippen molar-refractivity contribution in [3.8, 4) is 0 Å². The van der Waals surface area contributed by atoms with E-state index in [1.165, 1.54) is 11.8 Å². The second-order valence-electron chi connectivity index (χ2n) is 5.61. The van der Waals surface area contributed by atoms with E-state index in [2.05, 4.69) is 15.1 Å². The molecule has 25 heavy (non-hydrogen) atoms. The number of fused-ring (bicyclic) bond motifs is 3. The smallest absolute Gasteiger partial charge is 0.262 e. The van der Waals surface area contributed by atoms with E-state index in [4.69, 9.17) is 11.6 Å². The number of nitrogens with zero attached hydrogens (tertiary/aromatic N) is 5. The van der Waals surface area contributed by atoms with Gasteiger partial charge in [-0.05, 0) is 30.9 Å². The summed E-state index contributed by atoms with van der Waals surface area (Å²) in [5, 5.41) is 6.21. The van der Waals surface area contributed by atoms with Gasteiger partial charge < -0.3 is 4.57 Å². The first-order chi connectivity index (χ1) is 12.1. The maximum absolute atomic E-state index is 13.0. The Balaban J connectivity index is 1.93. The highest BCUT2D eigenvalue weighted by molar-refractivity contribution is 7.98. The van der Waals surface area contributed by atoms with Gasteiger partial charge >= 0.3 is 0 Å². The first kappa shape index (κ1) is 16.1. The van der Waals surface area contributed by atoms with Crippen molar-refractivity contribution < 1.29 is 0 Å². The van der Waals surface area contributed by atoms with Crippen molar-refractivity contribution in [1.82, 2.24) is 24.1 Å². The third-order valence-electron chi connectivity index (χ3n) is 4.05. The molecule has 0 amide bonds. The van der Waals surface area contributed by atoms with Crippen LogP contribution in [0.2, 0.25) is 5.02 Å². The molecule has 0 aliphatic heterocycles. The van der Waals surface area contributed by atoms with Crippen LogP contribution in [0.1, 0.15) is 11.3 Å². The summed E-state index contributed by atoms with van der Waals surface area (Å²) in [5.74, 6) is 0.498. The van der Waals surface area contributed by atoms with Crippen molar-refractivity contribution in [2.75, 3.05) is 6.26 Å². The largest absolute Gasteiger partial charge is 0.310 e. The molecule has 1 aromatic carbocycles. The summed E-state index contributed by atoms with van der Waals surface area (Å²) in [7, 11) is 0. The molecule has 0 radical (unpaired) electrons. The van der Waals surface area contributed by atoms with Crippen LogP contribution in [-0.2, 0) is 6.54 Å². The van der Waals surface area contributed by atoms with Crippen molar-refractivity contribution in [1.29, 1.82) is 0 Å². The first-order valence-electron chi connectivity index (χ1n) is 7.62. The Kier molecular flexibility index (Phi) is 3.97. The summed E-state index contributed by atoms with van der Waals surface area (Å²) in [6.45, 7) is 2.22. The number of pyridine rings is 1. The van der Waals surface area contributed by atoms with Crippen LogP contribution in [0.4, 0.5) is 0 Å². The molecule has 3 heterocycles. The zero-order valence-corrected chi connectivity index (χ0v) is 15.2.